The van der Waals surface area contributed by atoms with Crippen LogP contribution in [-0.4, -0.2) is 26.1 Å². The summed E-state index contributed by atoms with van der Waals surface area (Å²) in [5.74, 6) is 1.18. The lowest BCUT2D eigenvalue weighted by molar-refractivity contribution is -0.118. The van der Waals surface area contributed by atoms with E-state index in [1.54, 1.807) is 7.11 Å². The second-order valence-corrected chi connectivity index (χ2v) is 7.90. The van der Waals surface area contributed by atoms with Gasteiger partial charge in [0, 0.05) is 11.6 Å². The molecule has 0 radical (unpaired) electrons. The van der Waals surface area contributed by atoms with Crippen LogP contribution in [0.1, 0.15) is 30.4 Å². The van der Waals surface area contributed by atoms with Gasteiger partial charge in [-0.1, -0.05) is 24.3 Å². The Kier molecular flexibility index (Phi) is 7.17. The Morgan fingerprint density at radius 2 is 1.83 bits per heavy atom. The second-order valence-electron chi connectivity index (χ2n) is 7.90. The molecule has 0 aromatic heterocycles. The number of ether oxygens (including phenoxy) is 2. The quantitative estimate of drug-likeness (QED) is 0.711. The number of anilines is 1. The number of carbonyl (C=O) groups excluding carboxylic acids is 1. The Hall–Kier alpha value is -2.08. The molecule has 2 fully saturated rings. The van der Waals surface area contributed by atoms with Crippen molar-refractivity contribution in [3.05, 3.63) is 59.7 Å². The fraction of sp³-hybridized carbons (Fsp3) is 0.435. The van der Waals surface area contributed by atoms with Crippen molar-refractivity contribution in [2.24, 2.45) is 11.3 Å². The highest BCUT2D eigenvalue weighted by atomic mass is 35.5. The van der Waals surface area contributed by atoms with E-state index in [1.807, 2.05) is 48.5 Å². The van der Waals surface area contributed by atoms with Crippen molar-refractivity contribution in [1.29, 1.82) is 0 Å². The Morgan fingerprint density at radius 1 is 1.10 bits per heavy atom. The van der Waals surface area contributed by atoms with E-state index in [0.717, 1.165) is 54.9 Å². The second kappa shape index (κ2) is 9.61. The molecule has 156 valence electrons. The zero-order valence-electron chi connectivity index (χ0n) is 16.8. The van der Waals surface area contributed by atoms with Gasteiger partial charge in [0.05, 0.1) is 20.3 Å². The van der Waals surface area contributed by atoms with Gasteiger partial charge in [0.1, 0.15) is 5.75 Å². The first-order valence-corrected chi connectivity index (χ1v) is 10.00. The summed E-state index contributed by atoms with van der Waals surface area (Å²) in [7, 11) is 1.66. The molecule has 5 nitrogen and oxygen atoms in total. The number of methoxy groups -OCH3 is 1. The highest BCUT2D eigenvalue weighted by Crippen LogP contribution is 2.58. The van der Waals surface area contributed by atoms with E-state index in [-0.39, 0.29) is 29.6 Å². The number of carbonyl (C=O) groups is 1. The lowest BCUT2D eigenvalue weighted by atomic mass is 9.92. The number of halogens is 1. The van der Waals surface area contributed by atoms with Gasteiger partial charge in [0.15, 0.2) is 0 Å². The van der Waals surface area contributed by atoms with Gasteiger partial charge < -0.3 is 20.1 Å². The number of rotatable bonds is 7. The van der Waals surface area contributed by atoms with Crippen molar-refractivity contribution in [2.75, 3.05) is 25.5 Å². The predicted octanol–water partition coefficient (Wildman–Crippen LogP) is 4.16. The Balaban J connectivity index is 0.00000240. The maximum absolute atomic E-state index is 12.6. The highest BCUT2D eigenvalue weighted by molar-refractivity contribution is 5.95. The molecule has 2 N–H and O–H groups in total. The van der Waals surface area contributed by atoms with Gasteiger partial charge in [-0.3, -0.25) is 4.79 Å². The van der Waals surface area contributed by atoms with Crippen LogP contribution in [0, 0.1) is 11.3 Å². The molecule has 1 aliphatic carbocycles. The molecule has 1 atom stereocenters. The van der Waals surface area contributed by atoms with E-state index in [1.165, 1.54) is 0 Å². The molecule has 1 heterocycles. The van der Waals surface area contributed by atoms with Crippen LogP contribution in [0.2, 0.25) is 0 Å². The van der Waals surface area contributed by atoms with Gasteiger partial charge in [-0.25, -0.2) is 0 Å². The number of benzene rings is 2. The predicted molar refractivity (Wildman–Crippen MR) is 116 cm³/mol. The van der Waals surface area contributed by atoms with E-state index in [4.69, 9.17) is 9.47 Å². The first-order valence-electron chi connectivity index (χ1n) is 10.00. The topological polar surface area (TPSA) is 59.6 Å². The van der Waals surface area contributed by atoms with E-state index in [2.05, 4.69) is 10.6 Å². The van der Waals surface area contributed by atoms with E-state index < -0.39 is 0 Å². The van der Waals surface area contributed by atoms with Crippen LogP contribution in [0.25, 0.3) is 0 Å². The smallest absolute Gasteiger partial charge is 0.228 e. The lowest BCUT2D eigenvalue weighted by Gasteiger charge is -2.23. The molecule has 1 aliphatic heterocycles. The minimum Gasteiger partial charge on any atom is -0.497 e. The molecule has 2 aliphatic rings. The van der Waals surface area contributed by atoms with Crippen molar-refractivity contribution in [3.8, 4) is 5.75 Å². The minimum atomic E-state index is 0. The summed E-state index contributed by atoms with van der Waals surface area (Å²) in [6.07, 6.45) is 3.26. The van der Waals surface area contributed by atoms with Gasteiger partial charge in [0.2, 0.25) is 5.91 Å². The zero-order chi connectivity index (χ0) is 19.4. The Labute approximate surface area is 178 Å². The van der Waals surface area contributed by atoms with Gasteiger partial charge in [-0.2, -0.15) is 0 Å². The van der Waals surface area contributed by atoms with Crippen LogP contribution >= 0.6 is 12.4 Å². The fourth-order valence-corrected chi connectivity index (χ4v) is 4.17. The first-order chi connectivity index (χ1) is 13.7. The van der Waals surface area contributed by atoms with Crippen molar-refractivity contribution in [3.63, 3.8) is 0 Å². The van der Waals surface area contributed by atoms with Crippen LogP contribution in [0.4, 0.5) is 5.69 Å². The van der Waals surface area contributed by atoms with Gasteiger partial charge in [-0.05, 0) is 73.2 Å². The maximum Gasteiger partial charge on any atom is 0.228 e. The SMILES string of the molecule is COc1ccc(COCc2cccc(NC(=O)C3CC34CCNCC4)c2)cc1.Cl. The molecule has 2 aromatic rings. The molecule has 1 amide bonds. The summed E-state index contributed by atoms with van der Waals surface area (Å²) in [5, 5.41) is 6.49. The molecule has 1 spiro atoms. The normalized spacial score (nSPS) is 19.3. The summed E-state index contributed by atoms with van der Waals surface area (Å²) < 4.78 is 11.0. The average Bonchev–Trinajstić information content (AvgIpc) is 3.42. The van der Waals surface area contributed by atoms with Gasteiger partial charge >= 0.3 is 0 Å². The molecule has 1 saturated carbocycles. The average molecular weight is 417 g/mol. The zero-order valence-corrected chi connectivity index (χ0v) is 17.6. The molecule has 1 unspecified atom stereocenters. The molecule has 0 bridgehead atoms. The van der Waals surface area contributed by atoms with Crippen LogP contribution in [-0.2, 0) is 22.7 Å². The number of piperidine rings is 1. The summed E-state index contributed by atoms with van der Waals surface area (Å²) in [6.45, 7) is 3.11. The fourth-order valence-electron chi connectivity index (χ4n) is 4.17. The van der Waals surface area contributed by atoms with Crippen LogP contribution in [0.5, 0.6) is 5.75 Å². The maximum atomic E-state index is 12.6. The molecular formula is C23H29ClN2O3. The van der Waals surface area contributed by atoms with Crippen LogP contribution in [0.15, 0.2) is 48.5 Å². The number of hydrogen-bond donors (Lipinski definition) is 2. The molecule has 2 aromatic carbocycles. The third-order valence-corrected chi connectivity index (χ3v) is 6.00. The van der Waals surface area contributed by atoms with Gasteiger partial charge in [0.25, 0.3) is 0 Å². The van der Waals surface area contributed by atoms with Gasteiger partial charge in [-0.15, -0.1) is 12.4 Å². The highest BCUT2D eigenvalue weighted by Gasteiger charge is 2.57. The summed E-state index contributed by atoms with van der Waals surface area (Å²) in [6, 6.07) is 15.8. The van der Waals surface area contributed by atoms with E-state index in [9.17, 15) is 4.79 Å². The molecule has 4 rings (SSSR count). The number of nitrogens with one attached hydrogen (secondary N) is 2. The summed E-state index contributed by atoms with van der Waals surface area (Å²) in [5.41, 5.74) is 3.27. The lowest BCUT2D eigenvalue weighted by Crippen LogP contribution is -2.31. The van der Waals surface area contributed by atoms with E-state index in [0.29, 0.717) is 13.2 Å². The van der Waals surface area contributed by atoms with Crippen molar-refractivity contribution < 1.29 is 14.3 Å². The molecular weight excluding hydrogens is 388 g/mol. The van der Waals surface area contributed by atoms with Crippen molar-refractivity contribution in [2.45, 2.75) is 32.5 Å². The summed E-state index contributed by atoms with van der Waals surface area (Å²) >= 11 is 0. The third kappa shape index (κ3) is 5.30. The first kappa shape index (κ1) is 21.6. The number of hydrogen-bond acceptors (Lipinski definition) is 4. The standard InChI is InChI=1S/C23H28N2O3.ClH/c1-27-20-7-5-17(6-8-20)15-28-16-18-3-2-4-19(13-18)25-22(26)21-14-23(21)9-11-24-12-10-23;/h2-8,13,21,24H,9-12,14-16H2,1H3,(H,25,26);1H. The van der Waals surface area contributed by atoms with E-state index >= 15 is 0 Å². The molecule has 6 heteroatoms. The Bertz CT molecular complexity index is 819. The van der Waals surface area contributed by atoms with Crippen molar-refractivity contribution in [1.82, 2.24) is 5.32 Å². The Morgan fingerprint density at radius 3 is 2.55 bits per heavy atom. The van der Waals surface area contributed by atoms with Crippen molar-refractivity contribution >= 4 is 24.0 Å². The summed E-state index contributed by atoms with van der Waals surface area (Å²) in [4.78, 5) is 12.6. The number of amides is 1. The monoisotopic (exact) mass is 416 g/mol. The minimum absolute atomic E-state index is 0. The third-order valence-electron chi connectivity index (χ3n) is 6.00. The largest absolute Gasteiger partial charge is 0.497 e. The van der Waals surface area contributed by atoms with Crippen LogP contribution < -0.4 is 15.4 Å². The molecule has 1 saturated heterocycles. The van der Waals surface area contributed by atoms with Crippen LogP contribution in [0.3, 0.4) is 0 Å². The molecule has 29 heavy (non-hydrogen) atoms.